The maximum atomic E-state index is 10.7. The van der Waals surface area contributed by atoms with Gasteiger partial charge in [0.05, 0.1) is 10.5 Å². The first kappa shape index (κ1) is 10.8. The van der Waals surface area contributed by atoms with Gasteiger partial charge in [-0.15, -0.1) is 0 Å². The van der Waals surface area contributed by atoms with E-state index in [1.54, 1.807) is 0 Å². The molecule has 11 heavy (non-hydrogen) atoms. The molecule has 3 nitrogen and oxygen atoms in total. The highest BCUT2D eigenvalue weighted by atomic mass is 32.1. The molecule has 0 heterocycles. The molecule has 2 unspecified atom stereocenters. The highest BCUT2D eigenvalue weighted by molar-refractivity contribution is 7.82. The van der Waals surface area contributed by atoms with Crippen molar-refractivity contribution in [2.45, 2.75) is 24.3 Å². The van der Waals surface area contributed by atoms with Gasteiger partial charge in [-0.1, -0.05) is 0 Å². The third kappa shape index (κ3) is 4.31. The minimum absolute atomic E-state index is 0.578. The van der Waals surface area contributed by atoms with Crippen LogP contribution in [0.4, 0.5) is 0 Å². The Kier molecular flexibility index (Phi) is 4.60. The molecule has 5 heteroatoms. The molecule has 0 aliphatic heterocycles. The second-order valence-electron chi connectivity index (χ2n) is 2.09. The lowest BCUT2D eigenvalue weighted by Crippen LogP contribution is -2.23. The van der Waals surface area contributed by atoms with Crippen molar-refractivity contribution in [3.63, 3.8) is 0 Å². The molecule has 0 N–H and O–H groups in total. The molecule has 0 rings (SSSR count). The number of esters is 2. The summed E-state index contributed by atoms with van der Waals surface area (Å²) in [6.07, 6.45) is 0. The number of hydrogen-bond donors (Lipinski definition) is 2. The summed E-state index contributed by atoms with van der Waals surface area (Å²) in [6.45, 7) is 3.06. The van der Waals surface area contributed by atoms with Gasteiger partial charge < -0.3 is 4.74 Å². The maximum Gasteiger partial charge on any atom is 0.326 e. The lowest BCUT2D eigenvalue weighted by Gasteiger charge is -2.05. The summed E-state index contributed by atoms with van der Waals surface area (Å²) in [5.41, 5.74) is 0. The van der Waals surface area contributed by atoms with Gasteiger partial charge in [0.1, 0.15) is 0 Å². The van der Waals surface area contributed by atoms with Crippen LogP contribution in [0.1, 0.15) is 13.8 Å². The van der Waals surface area contributed by atoms with E-state index in [1.165, 1.54) is 13.8 Å². The third-order valence-electron chi connectivity index (χ3n) is 0.883. The number of rotatable bonds is 2. The highest BCUT2D eigenvalue weighted by Crippen LogP contribution is 2.01. The summed E-state index contributed by atoms with van der Waals surface area (Å²) in [5, 5.41) is -1.16. The normalized spacial score (nSPS) is 15.3. The monoisotopic (exact) mass is 194 g/mol. The second kappa shape index (κ2) is 4.66. The lowest BCUT2D eigenvalue weighted by molar-refractivity contribution is -0.158. The summed E-state index contributed by atoms with van der Waals surface area (Å²) in [7, 11) is 0. The Morgan fingerprint density at radius 2 is 1.36 bits per heavy atom. The van der Waals surface area contributed by atoms with Crippen LogP contribution in [0.2, 0.25) is 0 Å². The molecule has 0 aliphatic carbocycles. The van der Waals surface area contributed by atoms with E-state index in [9.17, 15) is 9.59 Å². The third-order valence-corrected chi connectivity index (χ3v) is 1.31. The molecule has 0 saturated heterocycles. The predicted molar refractivity (Wildman–Crippen MR) is 48.0 cm³/mol. The van der Waals surface area contributed by atoms with Crippen molar-refractivity contribution in [3.05, 3.63) is 0 Å². The minimum atomic E-state index is -0.640. The van der Waals surface area contributed by atoms with Crippen molar-refractivity contribution in [1.29, 1.82) is 0 Å². The fourth-order valence-electron chi connectivity index (χ4n) is 0.270. The summed E-state index contributed by atoms with van der Waals surface area (Å²) in [6, 6.07) is 0. The van der Waals surface area contributed by atoms with Gasteiger partial charge in [-0.2, -0.15) is 25.3 Å². The quantitative estimate of drug-likeness (QED) is 0.386. The van der Waals surface area contributed by atoms with E-state index < -0.39 is 22.4 Å². The Morgan fingerprint density at radius 1 is 1.09 bits per heavy atom. The summed E-state index contributed by atoms with van der Waals surface area (Å²) in [4.78, 5) is 21.4. The minimum Gasteiger partial charge on any atom is -0.392 e. The Hall–Kier alpha value is -0.160. The van der Waals surface area contributed by atoms with E-state index in [0.29, 0.717) is 0 Å². The van der Waals surface area contributed by atoms with Crippen LogP contribution >= 0.6 is 25.3 Å². The zero-order chi connectivity index (χ0) is 9.02. The standard InChI is InChI=1S/C6H10O3S2/c1-3(10)5(7)9-6(8)4(2)11/h3-4,10-11H,1-2H3. The van der Waals surface area contributed by atoms with Gasteiger partial charge in [-0.05, 0) is 13.8 Å². The Balaban J connectivity index is 3.86. The lowest BCUT2D eigenvalue weighted by atomic mass is 10.4. The molecule has 0 aromatic carbocycles. The van der Waals surface area contributed by atoms with Crippen molar-refractivity contribution in [2.75, 3.05) is 0 Å². The largest absolute Gasteiger partial charge is 0.392 e. The first-order valence-corrected chi connectivity index (χ1v) is 4.10. The van der Waals surface area contributed by atoms with E-state index in [4.69, 9.17) is 0 Å². The summed E-state index contributed by atoms with van der Waals surface area (Å²) in [5.74, 6) is -1.28. The zero-order valence-corrected chi connectivity index (χ0v) is 8.06. The van der Waals surface area contributed by atoms with E-state index in [0.717, 1.165) is 0 Å². The van der Waals surface area contributed by atoms with Crippen LogP contribution in [0.5, 0.6) is 0 Å². The van der Waals surface area contributed by atoms with Crippen molar-refractivity contribution < 1.29 is 14.3 Å². The van der Waals surface area contributed by atoms with Crippen molar-refractivity contribution in [1.82, 2.24) is 0 Å². The first-order chi connectivity index (χ1) is 4.95. The van der Waals surface area contributed by atoms with Gasteiger partial charge in [0, 0.05) is 0 Å². The van der Waals surface area contributed by atoms with Crippen LogP contribution in [0, 0.1) is 0 Å². The van der Waals surface area contributed by atoms with Crippen molar-refractivity contribution in [3.8, 4) is 0 Å². The number of hydrogen-bond acceptors (Lipinski definition) is 5. The van der Waals surface area contributed by atoms with Gasteiger partial charge in [0.2, 0.25) is 0 Å². The van der Waals surface area contributed by atoms with E-state index in [1.807, 2.05) is 0 Å². The molecule has 0 bridgehead atoms. The first-order valence-electron chi connectivity index (χ1n) is 3.06. The molecule has 0 aliphatic rings. The van der Waals surface area contributed by atoms with Gasteiger partial charge >= 0.3 is 11.9 Å². The van der Waals surface area contributed by atoms with Gasteiger partial charge in [0.15, 0.2) is 0 Å². The molecule has 0 fully saturated rings. The molecule has 0 aromatic heterocycles. The maximum absolute atomic E-state index is 10.7. The fourth-order valence-corrected chi connectivity index (χ4v) is 0.375. The topological polar surface area (TPSA) is 43.4 Å². The molecule has 0 amide bonds. The van der Waals surface area contributed by atoms with E-state index in [2.05, 4.69) is 30.0 Å². The van der Waals surface area contributed by atoms with Gasteiger partial charge in [-0.3, -0.25) is 9.59 Å². The Morgan fingerprint density at radius 3 is 1.55 bits per heavy atom. The van der Waals surface area contributed by atoms with Crippen LogP contribution in [0.3, 0.4) is 0 Å². The predicted octanol–water partition coefficient (Wildman–Crippen LogP) is 0.693. The molecule has 0 spiro atoms. The van der Waals surface area contributed by atoms with Crippen molar-refractivity contribution >= 4 is 37.2 Å². The number of ether oxygens (including phenoxy) is 1. The summed E-state index contributed by atoms with van der Waals surface area (Å²) >= 11 is 7.57. The van der Waals surface area contributed by atoms with Crippen LogP contribution < -0.4 is 0 Å². The number of thiol groups is 2. The van der Waals surface area contributed by atoms with E-state index >= 15 is 0 Å². The van der Waals surface area contributed by atoms with Gasteiger partial charge in [0.25, 0.3) is 0 Å². The molecule has 0 radical (unpaired) electrons. The van der Waals surface area contributed by atoms with Crippen LogP contribution in [-0.2, 0) is 14.3 Å². The number of carbonyl (C=O) groups is 2. The average molecular weight is 194 g/mol. The molecule has 0 saturated carbocycles. The Bertz CT molecular complexity index is 147. The molecule has 0 aromatic rings. The smallest absolute Gasteiger partial charge is 0.326 e. The average Bonchev–Trinajstić information content (AvgIpc) is 1.87. The Labute approximate surface area is 76.3 Å². The van der Waals surface area contributed by atoms with Crippen LogP contribution in [0.15, 0.2) is 0 Å². The summed E-state index contributed by atoms with van der Waals surface area (Å²) < 4.78 is 4.34. The second-order valence-corrected chi connectivity index (χ2v) is 3.64. The van der Waals surface area contributed by atoms with Crippen LogP contribution in [0.25, 0.3) is 0 Å². The van der Waals surface area contributed by atoms with Crippen molar-refractivity contribution in [2.24, 2.45) is 0 Å². The molecular formula is C6H10O3S2. The fraction of sp³-hybridized carbons (Fsp3) is 0.667. The highest BCUT2D eigenvalue weighted by Gasteiger charge is 2.17. The zero-order valence-electron chi connectivity index (χ0n) is 6.27. The molecule has 64 valence electrons. The van der Waals surface area contributed by atoms with Crippen LogP contribution in [-0.4, -0.2) is 22.4 Å². The molecule has 2 atom stereocenters. The SMILES string of the molecule is CC(S)C(=O)OC(=O)C(C)S. The van der Waals surface area contributed by atoms with E-state index in [-0.39, 0.29) is 0 Å². The van der Waals surface area contributed by atoms with Gasteiger partial charge in [-0.25, -0.2) is 0 Å². The molecular weight excluding hydrogens is 184 g/mol. The number of carbonyl (C=O) groups excluding carboxylic acids is 2.